The maximum atomic E-state index is 13.3. The lowest BCUT2D eigenvalue weighted by molar-refractivity contribution is 0.454. The minimum absolute atomic E-state index is 0.186. The van der Waals surface area contributed by atoms with Crippen LogP contribution in [-0.2, 0) is 6.42 Å². The Morgan fingerprint density at radius 3 is 2.76 bits per heavy atom. The topological polar surface area (TPSA) is 15.3 Å². The molecule has 3 rings (SSSR count). The van der Waals surface area contributed by atoms with Gasteiger partial charge in [-0.25, -0.2) is 4.39 Å². The Morgan fingerprint density at radius 2 is 2.00 bits per heavy atom. The highest BCUT2D eigenvalue weighted by Crippen LogP contribution is 2.23. The number of hydrogen-bond donors (Lipinski definition) is 1. The molecule has 1 saturated heterocycles. The van der Waals surface area contributed by atoms with Crippen molar-refractivity contribution in [2.45, 2.75) is 12.5 Å². The van der Waals surface area contributed by atoms with Crippen molar-refractivity contribution in [1.29, 1.82) is 0 Å². The summed E-state index contributed by atoms with van der Waals surface area (Å²) in [6.45, 7) is 2.73. The molecule has 1 heterocycles. The quantitative estimate of drug-likeness (QED) is 0.933. The number of anilines is 1. The van der Waals surface area contributed by atoms with E-state index in [1.165, 1.54) is 11.6 Å². The fourth-order valence-corrected chi connectivity index (χ4v) is 2.95. The van der Waals surface area contributed by atoms with Gasteiger partial charge >= 0.3 is 0 Å². The number of halogens is 2. The molecule has 2 nitrogen and oxygen atoms in total. The van der Waals surface area contributed by atoms with Crippen molar-refractivity contribution in [1.82, 2.24) is 5.32 Å². The number of nitrogens with zero attached hydrogens (tertiary/aromatic N) is 1. The predicted molar refractivity (Wildman–Crippen MR) is 85.6 cm³/mol. The molecule has 1 atom stereocenters. The van der Waals surface area contributed by atoms with Crippen LogP contribution in [0.15, 0.2) is 48.5 Å². The van der Waals surface area contributed by atoms with E-state index in [1.54, 1.807) is 12.1 Å². The van der Waals surface area contributed by atoms with Gasteiger partial charge in [0.1, 0.15) is 5.82 Å². The molecule has 1 N–H and O–H groups in total. The molecule has 1 unspecified atom stereocenters. The second-order valence-electron chi connectivity index (χ2n) is 5.39. The Labute approximate surface area is 129 Å². The van der Waals surface area contributed by atoms with Crippen LogP contribution in [0.1, 0.15) is 5.56 Å². The van der Waals surface area contributed by atoms with Crippen molar-refractivity contribution in [3.63, 3.8) is 0 Å². The summed E-state index contributed by atoms with van der Waals surface area (Å²) in [5.74, 6) is -0.364. The largest absolute Gasteiger partial charge is 0.369 e. The van der Waals surface area contributed by atoms with Crippen LogP contribution < -0.4 is 10.2 Å². The molecule has 1 fully saturated rings. The maximum absolute atomic E-state index is 13.3. The van der Waals surface area contributed by atoms with E-state index in [0.29, 0.717) is 6.04 Å². The number of piperazine rings is 1. The Bertz CT molecular complexity index is 603. The van der Waals surface area contributed by atoms with E-state index in [2.05, 4.69) is 34.5 Å². The molecule has 1 aliphatic rings. The molecule has 2 aromatic rings. The average Bonchev–Trinajstić information content (AvgIpc) is 2.51. The van der Waals surface area contributed by atoms with Gasteiger partial charge < -0.3 is 10.2 Å². The van der Waals surface area contributed by atoms with Gasteiger partial charge in [0.15, 0.2) is 0 Å². The molecule has 0 saturated carbocycles. The Balaban J connectivity index is 1.69. The molecule has 0 spiro atoms. The highest BCUT2D eigenvalue weighted by molar-refractivity contribution is 6.31. The van der Waals surface area contributed by atoms with Crippen molar-refractivity contribution >= 4 is 17.3 Å². The van der Waals surface area contributed by atoms with Crippen LogP contribution in [0.5, 0.6) is 0 Å². The third-order valence-electron chi connectivity index (χ3n) is 3.85. The van der Waals surface area contributed by atoms with Crippen molar-refractivity contribution in [2.75, 3.05) is 24.5 Å². The van der Waals surface area contributed by atoms with Crippen molar-refractivity contribution in [3.8, 4) is 0 Å². The molecule has 0 bridgehead atoms. The van der Waals surface area contributed by atoms with Gasteiger partial charge in [-0.3, -0.25) is 0 Å². The second kappa shape index (κ2) is 6.46. The Kier molecular flexibility index (Phi) is 4.42. The molecule has 110 valence electrons. The van der Waals surface area contributed by atoms with Crippen molar-refractivity contribution in [2.24, 2.45) is 0 Å². The highest BCUT2D eigenvalue weighted by Gasteiger charge is 2.20. The average molecular weight is 305 g/mol. The van der Waals surface area contributed by atoms with E-state index in [-0.39, 0.29) is 10.8 Å². The lowest BCUT2D eigenvalue weighted by atomic mass is 10.0. The number of nitrogens with one attached hydrogen (secondary N) is 1. The van der Waals surface area contributed by atoms with Gasteiger partial charge in [0.25, 0.3) is 0 Å². The Hall–Kier alpha value is -1.58. The first-order chi connectivity index (χ1) is 10.2. The summed E-state index contributed by atoms with van der Waals surface area (Å²) in [6, 6.07) is 15.8. The fourth-order valence-electron chi connectivity index (χ4n) is 2.78. The molecule has 0 aromatic heterocycles. The number of rotatable bonds is 3. The summed E-state index contributed by atoms with van der Waals surface area (Å²) in [5.41, 5.74) is 2.31. The summed E-state index contributed by atoms with van der Waals surface area (Å²) >= 11 is 5.88. The van der Waals surface area contributed by atoms with Crippen LogP contribution in [0.2, 0.25) is 5.02 Å². The van der Waals surface area contributed by atoms with Crippen molar-refractivity contribution < 1.29 is 4.39 Å². The smallest absolute Gasteiger partial charge is 0.141 e. The second-order valence-corrected chi connectivity index (χ2v) is 5.79. The van der Waals surface area contributed by atoms with E-state index < -0.39 is 0 Å². The molecular formula is C17H18ClFN2. The van der Waals surface area contributed by atoms with E-state index >= 15 is 0 Å². The van der Waals surface area contributed by atoms with E-state index in [0.717, 1.165) is 31.7 Å². The van der Waals surface area contributed by atoms with E-state index in [4.69, 9.17) is 11.6 Å². The maximum Gasteiger partial charge on any atom is 0.141 e. The van der Waals surface area contributed by atoms with Gasteiger partial charge in [-0.1, -0.05) is 41.9 Å². The summed E-state index contributed by atoms with van der Waals surface area (Å²) in [4.78, 5) is 2.26. The zero-order valence-electron chi connectivity index (χ0n) is 11.7. The van der Waals surface area contributed by atoms with Crippen LogP contribution in [0, 0.1) is 5.82 Å². The van der Waals surface area contributed by atoms with E-state index in [1.807, 2.05) is 6.07 Å². The summed E-state index contributed by atoms with van der Waals surface area (Å²) < 4.78 is 13.3. The third kappa shape index (κ3) is 3.55. The van der Waals surface area contributed by atoms with Crippen molar-refractivity contribution in [3.05, 3.63) is 64.9 Å². The van der Waals surface area contributed by atoms with Crippen LogP contribution in [0.4, 0.5) is 10.1 Å². The first-order valence-electron chi connectivity index (χ1n) is 7.20. The molecule has 4 heteroatoms. The van der Waals surface area contributed by atoms with Crippen LogP contribution in [0.25, 0.3) is 0 Å². The predicted octanol–water partition coefficient (Wildman–Crippen LogP) is 3.50. The van der Waals surface area contributed by atoms with Gasteiger partial charge in [0.2, 0.25) is 0 Å². The minimum atomic E-state index is -0.364. The van der Waals surface area contributed by atoms with Gasteiger partial charge in [-0.05, 0) is 30.2 Å². The lowest BCUT2D eigenvalue weighted by Crippen LogP contribution is -2.51. The zero-order chi connectivity index (χ0) is 14.7. The molecule has 1 aliphatic heterocycles. The summed E-state index contributed by atoms with van der Waals surface area (Å²) in [6.07, 6.45) is 0.992. The highest BCUT2D eigenvalue weighted by atomic mass is 35.5. The summed E-state index contributed by atoms with van der Waals surface area (Å²) in [7, 11) is 0. The molecular weight excluding hydrogens is 287 g/mol. The molecule has 0 amide bonds. The van der Waals surface area contributed by atoms with Gasteiger partial charge in [-0.2, -0.15) is 0 Å². The fraction of sp³-hybridized carbons (Fsp3) is 0.294. The van der Waals surface area contributed by atoms with Crippen LogP contribution >= 0.6 is 11.6 Å². The zero-order valence-corrected chi connectivity index (χ0v) is 12.5. The monoisotopic (exact) mass is 304 g/mol. The molecule has 0 radical (unpaired) electrons. The third-order valence-corrected chi connectivity index (χ3v) is 4.14. The SMILES string of the molecule is Fc1ccc(N2CCNC(Cc3ccccc3)C2)cc1Cl. The lowest BCUT2D eigenvalue weighted by Gasteiger charge is -2.35. The normalized spacial score (nSPS) is 18.8. The standard InChI is InChI=1S/C17H18ClFN2/c18-16-11-15(6-7-17(16)19)21-9-8-20-14(12-21)10-13-4-2-1-3-5-13/h1-7,11,14,20H,8-10,12H2. The first kappa shape index (κ1) is 14.4. The van der Waals surface area contributed by atoms with Crippen LogP contribution in [0.3, 0.4) is 0 Å². The number of hydrogen-bond acceptors (Lipinski definition) is 2. The molecule has 0 aliphatic carbocycles. The van der Waals surface area contributed by atoms with E-state index in [9.17, 15) is 4.39 Å². The van der Waals surface area contributed by atoms with Crippen LogP contribution in [-0.4, -0.2) is 25.7 Å². The van der Waals surface area contributed by atoms with Gasteiger partial charge in [-0.15, -0.1) is 0 Å². The Morgan fingerprint density at radius 1 is 1.19 bits per heavy atom. The molecule has 21 heavy (non-hydrogen) atoms. The minimum Gasteiger partial charge on any atom is -0.369 e. The number of benzene rings is 2. The van der Waals surface area contributed by atoms with Gasteiger partial charge in [0, 0.05) is 31.4 Å². The summed E-state index contributed by atoms with van der Waals surface area (Å²) in [5, 5.41) is 3.73. The first-order valence-corrected chi connectivity index (χ1v) is 7.57. The van der Waals surface area contributed by atoms with Gasteiger partial charge in [0.05, 0.1) is 5.02 Å². The molecule has 2 aromatic carbocycles.